The van der Waals surface area contributed by atoms with Crippen molar-refractivity contribution in [3.05, 3.63) is 35.4 Å². The lowest BCUT2D eigenvalue weighted by atomic mass is 10.0. The number of hydrogen-bond acceptors (Lipinski definition) is 4. The second-order valence-electron chi connectivity index (χ2n) is 5.99. The molecule has 1 aliphatic heterocycles. The zero-order valence-corrected chi connectivity index (χ0v) is 13.1. The zero-order chi connectivity index (χ0) is 14.6. The minimum absolute atomic E-state index is 0.246. The van der Waals surface area contributed by atoms with Crippen LogP contribution in [0.5, 0.6) is 0 Å². The first kappa shape index (κ1) is 15.5. The number of hydrogen-bond donors (Lipinski definition) is 2. The predicted molar refractivity (Wildman–Crippen MR) is 82.6 cm³/mol. The van der Waals surface area contributed by atoms with Gasteiger partial charge >= 0.3 is 0 Å². The summed E-state index contributed by atoms with van der Waals surface area (Å²) >= 11 is 0. The van der Waals surface area contributed by atoms with Crippen molar-refractivity contribution in [2.75, 3.05) is 24.6 Å². The Balaban J connectivity index is 1.66. The molecule has 1 aromatic carbocycles. The topological polar surface area (TPSA) is 58.2 Å². The van der Waals surface area contributed by atoms with Gasteiger partial charge in [0.05, 0.1) is 11.5 Å². The van der Waals surface area contributed by atoms with Crippen LogP contribution in [0.3, 0.4) is 0 Å². The zero-order valence-electron chi connectivity index (χ0n) is 12.3. The molecule has 0 saturated carbocycles. The molecule has 1 fully saturated rings. The van der Waals surface area contributed by atoms with Gasteiger partial charge in [-0.1, -0.05) is 29.8 Å². The molecule has 1 heterocycles. The highest BCUT2D eigenvalue weighted by Crippen LogP contribution is 2.22. The van der Waals surface area contributed by atoms with Crippen LogP contribution in [0.15, 0.2) is 24.3 Å². The second kappa shape index (κ2) is 6.24. The van der Waals surface area contributed by atoms with Gasteiger partial charge in [0.2, 0.25) is 0 Å². The Bertz CT molecular complexity index is 539. The molecule has 0 unspecified atom stereocenters. The quantitative estimate of drug-likeness (QED) is 0.776. The first-order valence-corrected chi connectivity index (χ1v) is 8.92. The maximum atomic E-state index is 11.5. The minimum Gasteiger partial charge on any atom is -0.311 e. The van der Waals surface area contributed by atoms with E-state index in [9.17, 15) is 8.42 Å². The average Bonchev–Trinajstić information content (AvgIpc) is 2.66. The van der Waals surface area contributed by atoms with Crippen LogP contribution in [0.1, 0.15) is 24.5 Å². The van der Waals surface area contributed by atoms with Gasteiger partial charge < -0.3 is 10.6 Å². The van der Waals surface area contributed by atoms with Gasteiger partial charge in [-0.05, 0) is 25.8 Å². The number of benzene rings is 1. The lowest BCUT2D eigenvalue weighted by Gasteiger charge is -2.24. The molecule has 0 radical (unpaired) electrons. The SMILES string of the molecule is Cc1ccc(CNCCN[C@@]2(C)CCS(=O)(=O)C2)cc1. The van der Waals surface area contributed by atoms with E-state index in [-0.39, 0.29) is 11.3 Å². The monoisotopic (exact) mass is 296 g/mol. The van der Waals surface area contributed by atoms with Crippen LogP contribution in [0.2, 0.25) is 0 Å². The predicted octanol–water partition coefficient (Wildman–Crippen LogP) is 1.25. The summed E-state index contributed by atoms with van der Waals surface area (Å²) in [6.07, 6.45) is 0.716. The Hall–Kier alpha value is -0.910. The molecule has 0 amide bonds. The van der Waals surface area contributed by atoms with E-state index in [1.165, 1.54) is 11.1 Å². The molecule has 2 N–H and O–H groups in total. The molecule has 4 nitrogen and oxygen atoms in total. The Morgan fingerprint density at radius 2 is 1.90 bits per heavy atom. The largest absolute Gasteiger partial charge is 0.311 e. The number of sulfone groups is 1. The van der Waals surface area contributed by atoms with Crippen molar-refractivity contribution >= 4 is 9.84 Å². The summed E-state index contributed by atoms with van der Waals surface area (Å²) in [4.78, 5) is 0. The van der Waals surface area contributed by atoms with Crippen molar-refractivity contribution in [3.8, 4) is 0 Å². The van der Waals surface area contributed by atoms with Gasteiger partial charge in [-0.25, -0.2) is 8.42 Å². The molecule has 0 aromatic heterocycles. The van der Waals surface area contributed by atoms with Crippen LogP contribution in [0, 0.1) is 6.92 Å². The van der Waals surface area contributed by atoms with Crippen LogP contribution >= 0.6 is 0 Å². The van der Waals surface area contributed by atoms with Crippen LogP contribution in [0.25, 0.3) is 0 Å². The van der Waals surface area contributed by atoms with Crippen molar-refractivity contribution in [1.29, 1.82) is 0 Å². The lowest BCUT2D eigenvalue weighted by molar-refractivity contribution is 0.395. The molecule has 0 aliphatic carbocycles. The highest BCUT2D eigenvalue weighted by molar-refractivity contribution is 7.91. The van der Waals surface area contributed by atoms with Gasteiger partial charge in [0.1, 0.15) is 0 Å². The summed E-state index contributed by atoms with van der Waals surface area (Å²) in [7, 11) is -2.83. The average molecular weight is 296 g/mol. The van der Waals surface area contributed by atoms with Crippen LogP contribution < -0.4 is 10.6 Å². The van der Waals surface area contributed by atoms with Gasteiger partial charge in [-0.3, -0.25) is 0 Å². The lowest BCUT2D eigenvalue weighted by Crippen LogP contribution is -2.46. The van der Waals surface area contributed by atoms with E-state index in [0.29, 0.717) is 12.2 Å². The molecule has 0 bridgehead atoms. The second-order valence-corrected chi connectivity index (χ2v) is 8.18. The molecule has 1 saturated heterocycles. The fraction of sp³-hybridized carbons (Fsp3) is 0.600. The van der Waals surface area contributed by atoms with E-state index in [1.807, 2.05) is 6.92 Å². The van der Waals surface area contributed by atoms with Crippen molar-refractivity contribution in [3.63, 3.8) is 0 Å². The van der Waals surface area contributed by atoms with E-state index >= 15 is 0 Å². The molecule has 112 valence electrons. The molecule has 1 aliphatic rings. The van der Waals surface area contributed by atoms with Crippen LogP contribution in [-0.4, -0.2) is 38.6 Å². The Labute approximate surface area is 121 Å². The molecule has 2 rings (SSSR count). The fourth-order valence-electron chi connectivity index (χ4n) is 2.54. The summed E-state index contributed by atoms with van der Waals surface area (Å²) in [5, 5.41) is 6.74. The van der Waals surface area contributed by atoms with Gasteiger partial charge in [0.25, 0.3) is 0 Å². The van der Waals surface area contributed by atoms with Crippen molar-refractivity contribution in [2.45, 2.75) is 32.4 Å². The van der Waals surface area contributed by atoms with Crippen molar-refractivity contribution in [2.24, 2.45) is 0 Å². The smallest absolute Gasteiger partial charge is 0.152 e. The maximum Gasteiger partial charge on any atom is 0.152 e. The normalized spacial score (nSPS) is 24.9. The van der Waals surface area contributed by atoms with E-state index < -0.39 is 9.84 Å². The van der Waals surface area contributed by atoms with Gasteiger partial charge in [-0.2, -0.15) is 0 Å². The Morgan fingerprint density at radius 1 is 1.20 bits per heavy atom. The number of aryl methyl sites for hydroxylation is 1. The number of nitrogens with one attached hydrogen (secondary N) is 2. The van der Waals surface area contributed by atoms with E-state index in [1.54, 1.807) is 0 Å². The third-order valence-electron chi connectivity index (χ3n) is 3.81. The van der Waals surface area contributed by atoms with E-state index in [0.717, 1.165) is 19.6 Å². The maximum absolute atomic E-state index is 11.5. The van der Waals surface area contributed by atoms with Gasteiger partial charge in [-0.15, -0.1) is 0 Å². The molecule has 1 atom stereocenters. The molecular weight excluding hydrogens is 272 g/mol. The fourth-order valence-corrected chi connectivity index (χ4v) is 4.66. The molecule has 5 heteroatoms. The standard InChI is InChI=1S/C15H24N2O2S/c1-13-3-5-14(6-4-13)11-16-8-9-17-15(2)7-10-20(18,19)12-15/h3-6,16-17H,7-12H2,1-2H3/t15-/m0/s1. The van der Waals surface area contributed by atoms with Crippen molar-refractivity contribution in [1.82, 2.24) is 10.6 Å². The van der Waals surface area contributed by atoms with Gasteiger partial charge in [0, 0.05) is 25.2 Å². The molecule has 1 aromatic rings. The molecular formula is C15H24N2O2S. The van der Waals surface area contributed by atoms with E-state index in [4.69, 9.17) is 0 Å². The van der Waals surface area contributed by atoms with Crippen molar-refractivity contribution < 1.29 is 8.42 Å². The highest BCUT2D eigenvalue weighted by atomic mass is 32.2. The third kappa shape index (κ3) is 4.58. The first-order chi connectivity index (χ1) is 9.39. The van der Waals surface area contributed by atoms with Gasteiger partial charge in [0.15, 0.2) is 9.84 Å². The minimum atomic E-state index is -2.83. The van der Waals surface area contributed by atoms with Crippen LogP contribution in [-0.2, 0) is 16.4 Å². The summed E-state index contributed by atoms with van der Waals surface area (Å²) in [5.74, 6) is 0.575. The summed E-state index contributed by atoms with van der Waals surface area (Å²) in [6, 6.07) is 8.47. The first-order valence-electron chi connectivity index (χ1n) is 7.10. The Kier molecular flexibility index (Phi) is 4.83. The Morgan fingerprint density at radius 3 is 2.50 bits per heavy atom. The molecule has 0 spiro atoms. The van der Waals surface area contributed by atoms with E-state index in [2.05, 4.69) is 41.8 Å². The summed E-state index contributed by atoms with van der Waals surface area (Å²) in [6.45, 7) is 6.55. The molecule has 20 heavy (non-hydrogen) atoms. The summed E-state index contributed by atoms with van der Waals surface area (Å²) in [5.41, 5.74) is 2.29. The highest BCUT2D eigenvalue weighted by Gasteiger charge is 2.37. The van der Waals surface area contributed by atoms with Crippen LogP contribution in [0.4, 0.5) is 0 Å². The number of rotatable bonds is 6. The third-order valence-corrected chi connectivity index (χ3v) is 5.71. The summed E-state index contributed by atoms with van der Waals surface area (Å²) < 4.78 is 23.0.